The third-order valence-corrected chi connectivity index (χ3v) is 4.32. The molecule has 0 bridgehead atoms. The van der Waals surface area contributed by atoms with Crippen LogP contribution in [0, 0.1) is 5.92 Å². The second-order valence-electron chi connectivity index (χ2n) is 4.33. The van der Waals surface area contributed by atoms with E-state index in [-0.39, 0.29) is 0 Å². The van der Waals surface area contributed by atoms with Crippen molar-refractivity contribution in [3.8, 4) is 0 Å². The molecule has 1 rings (SSSR count). The van der Waals surface area contributed by atoms with Crippen LogP contribution in [0.4, 0.5) is 0 Å². The molecule has 2 N–H and O–H groups in total. The van der Waals surface area contributed by atoms with E-state index < -0.39 is 7.12 Å². The van der Waals surface area contributed by atoms with Crippen LogP contribution in [0.3, 0.4) is 0 Å². The first-order valence-corrected chi connectivity index (χ1v) is 6.62. The van der Waals surface area contributed by atoms with Gasteiger partial charge in [0.2, 0.25) is 0 Å². The molecule has 0 amide bonds. The molecule has 0 spiro atoms. The van der Waals surface area contributed by atoms with Gasteiger partial charge >= 0.3 is 7.12 Å². The third kappa shape index (κ3) is 3.85. The molecule has 1 aromatic carbocycles. The van der Waals surface area contributed by atoms with Gasteiger partial charge in [0.15, 0.2) is 0 Å². The smallest absolute Gasteiger partial charge is 0.423 e. The maximum atomic E-state index is 9.23. The first-order valence-electron chi connectivity index (χ1n) is 5.58. The quantitative estimate of drug-likeness (QED) is 0.766. The average molecular weight is 238 g/mol. The van der Waals surface area contributed by atoms with Crippen LogP contribution >= 0.6 is 11.8 Å². The maximum absolute atomic E-state index is 9.23. The van der Waals surface area contributed by atoms with E-state index in [0.717, 1.165) is 11.3 Å². The number of rotatable bonds is 5. The largest absolute Gasteiger partial charge is 0.488 e. The van der Waals surface area contributed by atoms with Gasteiger partial charge in [-0.2, -0.15) is 11.8 Å². The standard InChI is InChI=1S/C12H19BO2S/c1-9(2)10(3)16-8-11-6-4-5-7-12(11)13(14)15/h4-7,9-10,14-15H,8H2,1-3H3. The highest BCUT2D eigenvalue weighted by molar-refractivity contribution is 7.99. The van der Waals surface area contributed by atoms with Gasteiger partial charge in [0.25, 0.3) is 0 Å². The van der Waals surface area contributed by atoms with Gasteiger partial charge in [-0.25, -0.2) is 0 Å². The summed E-state index contributed by atoms with van der Waals surface area (Å²) >= 11 is 1.85. The molecule has 16 heavy (non-hydrogen) atoms. The van der Waals surface area contributed by atoms with Gasteiger partial charge in [0, 0.05) is 11.0 Å². The lowest BCUT2D eigenvalue weighted by Crippen LogP contribution is -2.32. The predicted octanol–water partition coefficient (Wildman–Crippen LogP) is 1.64. The lowest BCUT2D eigenvalue weighted by molar-refractivity contribution is 0.425. The van der Waals surface area contributed by atoms with Crippen LogP contribution in [0.5, 0.6) is 0 Å². The Labute approximate surface area is 102 Å². The summed E-state index contributed by atoms with van der Waals surface area (Å²) in [6, 6.07) is 7.48. The molecule has 4 heteroatoms. The molecule has 0 aliphatic rings. The summed E-state index contributed by atoms with van der Waals surface area (Å²) in [7, 11) is -1.37. The van der Waals surface area contributed by atoms with E-state index >= 15 is 0 Å². The molecule has 0 heterocycles. The van der Waals surface area contributed by atoms with Crippen molar-refractivity contribution < 1.29 is 10.0 Å². The second-order valence-corrected chi connectivity index (χ2v) is 5.70. The highest BCUT2D eigenvalue weighted by Gasteiger charge is 2.16. The van der Waals surface area contributed by atoms with Crippen LogP contribution < -0.4 is 5.46 Å². The van der Waals surface area contributed by atoms with Crippen molar-refractivity contribution in [1.29, 1.82) is 0 Å². The summed E-state index contributed by atoms with van der Waals surface area (Å²) in [5, 5.41) is 19.0. The van der Waals surface area contributed by atoms with Gasteiger partial charge in [-0.3, -0.25) is 0 Å². The molecule has 0 saturated carbocycles. The normalized spacial score (nSPS) is 12.9. The van der Waals surface area contributed by atoms with Crippen LogP contribution in [0.25, 0.3) is 0 Å². The third-order valence-electron chi connectivity index (χ3n) is 2.77. The van der Waals surface area contributed by atoms with Crippen molar-refractivity contribution in [2.24, 2.45) is 5.92 Å². The Morgan fingerprint density at radius 2 is 1.81 bits per heavy atom. The van der Waals surface area contributed by atoms with Crippen LogP contribution in [-0.4, -0.2) is 22.4 Å². The van der Waals surface area contributed by atoms with Crippen LogP contribution in [0.1, 0.15) is 26.3 Å². The Balaban J connectivity index is 2.66. The molecular formula is C12H19BO2S. The maximum Gasteiger partial charge on any atom is 0.488 e. The first kappa shape index (κ1) is 13.6. The molecule has 1 unspecified atom stereocenters. The lowest BCUT2D eigenvalue weighted by atomic mass is 9.77. The van der Waals surface area contributed by atoms with Crippen LogP contribution in [-0.2, 0) is 5.75 Å². The first-order chi connectivity index (χ1) is 7.52. The number of thioether (sulfide) groups is 1. The zero-order chi connectivity index (χ0) is 12.1. The van der Waals surface area contributed by atoms with Gasteiger partial charge < -0.3 is 10.0 Å². The Bertz CT molecular complexity index is 329. The van der Waals surface area contributed by atoms with Crippen LogP contribution in [0.15, 0.2) is 24.3 Å². The number of benzene rings is 1. The van der Waals surface area contributed by atoms with Gasteiger partial charge in [0.1, 0.15) is 0 Å². The molecule has 0 saturated heterocycles. The fourth-order valence-corrected chi connectivity index (χ4v) is 2.42. The SMILES string of the molecule is CC(C)C(C)SCc1ccccc1B(O)O. The summed E-state index contributed by atoms with van der Waals surface area (Å²) in [5.41, 5.74) is 1.63. The average Bonchev–Trinajstić information content (AvgIpc) is 2.25. The predicted molar refractivity (Wildman–Crippen MR) is 71.9 cm³/mol. The Morgan fingerprint density at radius 1 is 1.19 bits per heavy atom. The highest BCUT2D eigenvalue weighted by Crippen LogP contribution is 2.22. The van der Waals surface area contributed by atoms with E-state index in [0.29, 0.717) is 16.6 Å². The zero-order valence-corrected chi connectivity index (χ0v) is 10.9. The minimum atomic E-state index is -1.37. The minimum Gasteiger partial charge on any atom is -0.423 e. The van der Waals surface area contributed by atoms with Crippen molar-refractivity contribution in [3.05, 3.63) is 29.8 Å². The molecule has 2 nitrogen and oxygen atoms in total. The summed E-state index contributed by atoms with van der Waals surface area (Å²) in [5.74, 6) is 1.46. The molecule has 0 radical (unpaired) electrons. The Kier molecular flexibility index (Phi) is 5.39. The summed E-state index contributed by atoms with van der Waals surface area (Å²) < 4.78 is 0. The monoisotopic (exact) mass is 238 g/mol. The fourth-order valence-electron chi connectivity index (χ4n) is 1.33. The second kappa shape index (κ2) is 6.33. The number of hydrogen-bond acceptors (Lipinski definition) is 3. The van der Waals surface area contributed by atoms with Crippen molar-refractivity contribution in [1.82, 2.24) is 0 Å². The van der Waals surface area contributed by atoms with Crippen LogP contribution in [0.2, 0.25) is 0 Å². The van der Waals surface area contributed by atoms with E-state index in [2.05, 4.69) is 20.8 Å². The number of hydrogen-bond donors (Lipinski definition) is 2. The van der Waals surface area contributed by atoms with Crippen molar-refractivity contribution in [2.45, 2.75) is 31.8 Å². The van der Waals surface area contributed by atoms with Gasteiger partial charge in [-0.1, -0.05) is 45.0 Å². The molecule has 0 aromatic heterocycles. The molecule has 88 valence electrons. The molecule has 1 atom stereocenters. The van der Waals surface area contributed by atoms with E-state index in [1.807, 2.05) is 30.0 Å². The van der Waals surface area contributed by atoms with Crippen molar-refractivity contribution in [3.63, 3.8) is 0 Å². The van der Waals surface area contributed by atoms with Gasteiger partial charge in [-0.05, 0) is 16.9 Å². The molecule has 0 fully saturated rings. The van der Waals surface area contributed by atoms with Gasteiger partial charge in [0.05, 0.1) is 0 Å². The lowest BCUT2D eigenvalue weighted by Gasteiger charge is -2.16. The molecule has 1 aromatic rings. The van der Waals surface area contributed by atoms with Gasteiger partial charge in [-0.15, -0.1) is 0 Å². The summed E-state index contributed by atoms with van der Waals surface area (Å²) in [4.78, 5) is 0. The minimum absolute atomic E-state index is 0.573. The zero-order valence-electron chi connectivity index (χ0n) is 10.1. The van der Waals surface area contributed by atoms with Crippen molar-refractivity contribution >= 4 is 24.3 Å². The van der Waals surface area contributed by atoms with E-state index in [4.69, 9.17) is 0 Å². The van der Waals surface area contributed by atoms with E-state index in [1.54, 1.807) is 6.07 Å². The highest BCUT2D eigenvalue weighted by atomic mass is 32.2. The molecule has 0 aliphatic carbocycles. The van der Waals surface area contributed by atoms with E-state index in [9.17, 15) is 10.0 Å². The Morgan fingerprint density at radius 3 is 2.38 bits per heavy atom. The van der Waals surface area contributed by atoms with Crippen molar-refractivity contribution in [2.75, 3.05) is 0 Å². The topological polar surface area (TPSA) is 40.5 Å². The summed E-state index contributed by atoms with van der Waals surface area (Å²) in [6.45, 7) is 6.60. The summed E-state index contributed by atoms with van der Waals surface area (Å²) in [6.07, 6.45) is 0. The van der Waals surface area contributed by atoms with E-state index in [1.165, 1.54) is 0 Å². The molecule has 0 aliphatic heterocycles. The fraction of sp³-hybridized carbons (Fsp3) is 0.500. The molecular weight excluding hydrogens is 219 g/mol. The Hall–Kier alpha value is -0.445.